The fraction of sp³-hybridized carbons (Fsp3) is 0.0909. The number of carboxylic acid groups (broad SMARTS) is 1. The molecule has 1 heterocycles. The van der Waals surface area contributed by atoms with Crippen LogP contribution < -0.4 is 5.56 Å². The van der Waals surface area contributed by atoms with Crippen LogP contribution in [0.4, 0.5) is 11.4 Å². The summed E-state index contributed by atoms with van der Waals surface area (Å²) >= 11 is 0. The molecule has 0 saturated heterocycles. The normalized spacial score (nSPS) is 10.9. The molecule has 0 amide bonds. The van der Waals surface area contributed by atoms with Crippen molar-refractivity contribution in [1.82, 2.24) is 10.2 Å². The van der Waals surface area contributed by atoms with Gasteiger partial charge < -0.3 is 10.2 Å². The second kappa shape index (κ2) is 4.66. The van der Waals surface area contributed by atoms with E-state index in [2.05, 4.69) is 20.4 Å². The van der Waals surface area contributed by atoms with Crippen molar-refractivity contribution in [2.75, 3.05) is 0 Å². The van der Waals surface area contributed by atoms with Crippen molar-refractivity contribution in [1.29, 1.82) is 0 Å². The number of aromatic nitrogens is 2. The minimum Gasteiger partial charge on any atom is -0.478 e. The summed E-state index contributed by atoms with van der Waals surface area (Å²) in [5.74, 6) is -1.04. The monoisotopic (exact) mass is 246 g/mol. The third-order valence-electron chi connectivity index (χ3n) is 2.29. The average molecular weight is 246 g/mol. The molecule has 0 aliphatic heterocycles. The number of aromatic amines is 2. The maximum Gasteiger partial charge on any atom is 0.335 e. The summed E-state index contributed by atoms with van der Waals surface area (Å²) in [7, 11) is 0. The number of rotatable bonds is 3. The molecule has 0 saturated carbocycles. The van der Waals surface area contributed by atoms with Crippen molar-refractivity contribution < 1.29 is 9.90 Å². The van der Waals surface area contributed by atoms with Gasteiger partial charge in [0.25, 0.3) is 5.56 Å². The minimum atomic E-state index is -1.04. The summed E-state index contributed by atoms with van der Waals surface area (Å²) < 4.78 is 0. The van der Waals surface area contributed by atoms with Crippen LogP contribution in [0.5, 0.6) is 0 Å². The van der Waals surface area contributed by atoms with Crippen LogP contribution in [0.25, 0.3) is 0 Å². The Balaban J connectivity index is 2.32. The summed E-state index contributed by atoms with van der Waals surface area (Å²) in [4.78, 5) is 22.1. The first-order valence-corrected chi connectivity index (χ1v) is 5.10. The first-order valence-electron chi connectivity index (χ1n) is 5.10. The third kappa shape index (κ3) is 2.34. The number of benzene rings is 1. The van der Waals surface area contributed by atoms with Gasteiger partial charge in [0.2, 0.25) is 0 Å². The van der Waals surface area contributed by atoms with Gasteiger partial charge in [-0.2, -0.15) is 5.11 Å². The lowest BCUT2D eigenvalue weighted by atomic mass is 10.2. The number of nitrogens with one attached hydrogen (secondary N) is 2. The summed E-state index contributed by atoms with van der Waals surface area (Å²) in [5, 5.41) is 21.4. The van der Waals surface area contributed by atoms with Crippen LogP contribution in [-0.4, -0.2) is 21.3 Å². The highest BCUT2D eigenvalue weighted by Gasteiger charge is 2.05. The van der Waals surface area contributed by atoms with Gasteiger partial charge in [0, 0.05) is 0 Å². The number of hydrogen-bond acceptors (Lipinski definition) is 4. The molecular formula is C11H10N4O3. The Morgan fingerprint density at radius 3 is 2.67 bits per heavy atom. The summed E-state index contributed by atoms with van der Waals surface area (Å²) in [6, 6.07) is 6.00. The molecule has 7 heteroatoms. The van der Waals surface area contributed by atoms with Crippen molar-refractivity contribution >= 4 is 17.3 Å². The molecule has 1 aromatic heterocycles. The zero-order chi connectivity index (χ0) is 13.1. The van der Waals surface area contributed by atoms with Gasteiger partial charge in [-0.05, 0) is 25.1 Å². The van der Waals surface area contributed by atoms with Gasteiger partial charge in [-0.25, -0.2) is 4.79 Å². The van der Waals surface area contributed by atoms with Crippen molar-refractivity contribution in [2.45, 2.75) is 6.92 Å². The van der Waals surface area contributed by atoms with E-state index in [1.807, 2.05) is 0 Å². The number of aryl methyl sites for hydroxylation is 1. The summed E-state index contributed by atoms with van der Waals surface area (Å²) in [5.41, 5.74) is 0.862. The van der Waals surface area contributed by atoms with Gasteiger partial charge in [-0.1, -0.05) is 6.07 Å². The zero-order valence-electron chi connectivity index (χ0n) is 9.47. The van der Waals surface area contributed by atoms with Crippen LogP contribution in [-0.2, 0) is 0 Å². The van der Waals surface area contributed by atoms with Crippen LogP contribution in [0.3, 0.4) is 0 Å². The van der Waals surface area contributed by atoms with Crippen LogP contribution in [0.1, 0.15) is 16.1 Å². The molecule has 0 spiro atoms. The molecule has 0 bridgehead atoms. The predicted molar refractivity (Wildman–Crippen MR) is 63.7 cm³/mol. The fourth-order valence-electron chi connectivity index (χ4n) is 1.37. The molecule has 0 aliphatic carbocycles. The van der Waals surface area contributed by atoms with Crippen LogP contribution in [0.2, 0.25) is 0 Å². The molecule has 0 unspecified atom stereocenters. The first kappa shape index (κ1) is 11.8. The van der Waals surface area contributed by atoms with E-state index >= 15 is 0 Å². The van der Waals surface area contributed by atoms with E-state index < -0.39 is 5.97 Å². The van der Waals surface area contributed by atoms with Gasteiger partial charge >= 0.3 is 5.97 Å². The standard InChI is InChI=1S/C11H10N4O3/c1-6-9(10(16)15-12-6)14-13-8-4-2-3-7(5-8)11(17)18/h2-5H,1H3,(H,17,18)(H2,12,15,16). The highest BCUT2D eigenvalue weighted by Crippen LogP contribution is 2.18. The first-order chi connectivity index (χ1) is 8.58. The van der Waals surface area contributed by atoms with Crippen molar-refractivity contribution in [3.8, 4) is 0 Å². The third-order valence-corrected chi connectivity index (χ3v) is 2.29. The molecular weight excluding hydrogens is 236 g/mol. The Morgan fingerprint density at radius 1 is 1.28 bits per heavy atom. The molecule has 0 radical (unpaired) electrons. The van der Waals surface area contributed by atoms with Gasteiger partial charge in [-0.3, -0.25) is 9.89 Å². The van der Waals surface area contributed by atoms with E-state index in [0.29, 0.717) is 11.4 Å². The molecule has 2 rings (SSSR count). The quantitative estimate of drug-likeness (QED) is 0.721. The van der Waals surface area contributed by atoms with Gasteiger partial charge in [0.1, 0.15) is 0 Å². The lowest BCUT2D eigenvalue weighted by Gasteiger charge is -1.95. The average Bonchev–Trinajstić information content (AvgIpc) is 2.67. The molecule has 92 valence electrons. The number of H-pyrrole nitrogens is 2. The molecule has 7 nitrogen and oxygen atoms in total. The SMILES string of the molecule is Cc1[nH][nH]c(=O)c1N=Nc1cccc(C(=O)O)c1. The molecule has 0 fully saturated rings. The lowest BCUT2D eigenvalue weighted by Crippen LogP contribution is -1.96. The van der Waals surface area contributed by atoms with E-state index in [4.69, 9.17) is 5.11 Å². The number of azo groups is 1. The molecule has 1 aromatic carbocycles. The Hall–Kier alpha value is -2.70. The Kier molecular flexibility index (Phi) is 3.05. The molecule has 3 N–H and O–H groups in total. The number of carboxylic acids is 1. The predicted octanol–water partition coefficient (Wildman–Crippen LogP) is 2.13. The van der Waals surface area contributed by atoms with Crippen molar-refractivity contribution in [3.05, 3.63) is 45.9 Å². The van der Waals surface area contributed by atoms with E-state index in [1.54, 1.807) is 19.1 Å². The second-order valence-corrected chi connectivity index (χ2v) is 3.61. The smallest absolute Gasteiger partial charge is 0.335 e. The van der Waals surface area contributed by atoms with E-state index in [1.165, 1.54) is 12.1 Å². The van der Waals surface area contributed by atoms with Gasteiger partial charge in [0.05, 0.1) is 16.9 Å². The highest BCUT2D eigenvalue weighted by atomic mass is 16.4. The highest BCUT2D eigenvalue weighted by molar-refractivity contribution is 5.88. The number of hydrogen-bond donors (Lipinski definition) is 3. The van der Waals surface area contributed by atoms with Gasteiger partial charge in [0.15, 0.2) is 5.69 Å². The maximum absolute atomic E-state index is 11.3. The molecule has 0 atom stereocenters. The fourth-order valence-corrected chi connectivity index (χ4v) is 1.37. The number of carbonyl (C=O) groups is 1. The lowest BCUT2D eigenvalue weighted by molar-refractivity contribution is 0.0697. The van der Waals surface area contributed by atoms with Crippen LogP contribution in [0, 0.1) is 6.92 Å². The second-order valence-electron chi connectivity index (χ2n) is 3.61. The molecule has 0 aliphatic rings. The largest absolute Gasteiger partial charge is 0.478 e. The van der Waals surface area contributed by atoms with E-state index in [0.717, 1.165) is 0 Å². The zero-order valence-corrected chi connectivity index (χ0v) is 9.47. The minimum absolute atomic E-state index is 0.117. The van der Waals surface area contributed by atoms with Crippen LogP contribution in [0.15, 0.2) is 39.3 Å². The summed E-state index contributed by atoms with van der Waals surface area (Å²) in [6.45, 7) is 1.68. The van der Waals surface area contributed by atoms with E-state index in [9.17, 15) is 9.59 Å². The molecule has 2 aromatic rings. The van der Waals surface area contributed by atoms with Crippen molar-refractivity contribution in [3.63, 3.8) is 0 Å². The Labute approximate surface area is 101 Å². The maximum atomic E-state index is 11.3. The van der Waals surface area contributed by atoms with E-state index in [-0.39, 0.29) is 16.8 Å². The summed E-state index contributed by atoms with van der Waals surface area (Å²) in [6.07, 6.45) is 0. The Bertz CT molecular complexity index is 669. The number of aromatic carboxylic acids is 1. The number of nitrogens with zero attached hydrogens (tertiary/aromatic N) is 2. The topological polar surface area (TPSA) is 111 Å². The van der Waals surface area contributed by atoms with Crippen LogP contribution >= 0.6 is 0 Å². The van der Waals surface area contributed by atoms with Crippen molar-refractivity contribution in [2.24, 2.45) is 10.2 Å². The van der Waals surface area contributed by atoms with Gasteiger partial charge in [-0.15, -0.1) is 5.11 Å². The Morgan fingerprint density at radius 2 is 2.06 bits per heavy atom. The molecule has 18 heavy (non-hydrogen) atoms.